The molecule has 0 radical (unpaired) electrons. The second kappa shape index (κ2) is 4.70. The van der Waals surface area contributed by atoms with Gasteiger partial charge in [0.05, 0.1) is 12.8 Å². The van der Waals surface area contributed by atoms with Crippen molar-refractivity contribution < 1.29 is 4.74 Å². The summed E-state index contributed by atoms with van der Waals surface area (Å²) in [7, 11) is 1.59. The zero-order chi connectivity index (χ0) is 8.81. The molecule has 0 saturated carbocycles. The molecule has 0 atom stereocenters. The van der Waals surface area contributed by atoms with Crippen molar-refractivity contribution in [1.29, 1.82) is 0 Å². The number of unbranched alkanes of at least 4 members (excludes halogenated alkanes) is 1. The summed E-state index contributed by atoms with van der Waals surface area (Å²) in [5.41, 5.74) is 1.04. The molecular weight excluding hydrogens is 152 g/mol. The quantitative estimate of drug-likeness (QED) is 0.684. The summed E-state index contributed by atoms with van der Waals surface area (Å²) in [5, 5.41) is 7.89. The van der Waals surface area contributed by atoms with Crippen LogP contribution in [-0.4, -0.2) is 17.3 Å². The van der Waals surface area contributed by atoms with E-state index in [9.17, 15) is 0 Å². The van der Waals surface area contributed by atoms with Gasteiger partial charge in [-0.2, -0.15) is 5.10 Å². The van der Waals surface area contributed by atoms with E-state index in [0.717, 1.165) is 12.1 Å². The van der Waals surface area contributed by atoms with Gasteiger partial charge in [0, 0.05) is 6.07 Å². The molecule has 0 bridgehead atoms. The zero-order valence-corrected chi connectivity index (χ0v) is 7.58. The van der Waals surface area contributed by atoms with E-state index in [1.807, 2.05) is 12.1 Å². The molecule has 0 aliphatic heterocycles. The van der Waals surface area contributed by atoms with Crippen molar-refractivity contribution in [2.75, 3.05) is 7.11 Å². The van der Waals surface area contributed by atoms with Crippen LogP contribution in [0.15, 0.2) is 12.1 Å². The van der Waals surface area contributed by atoms with Crippen molar-refractivity contribution in [2.45, 2.75) is 26.2 Å². The largest absolute Gasteiger partial charge is 0.480 e. The van der Waals surface area contributed by atoms with Gasteiger partial charge >= 0.3 is 0 Å². The molecule has 1 aromatic heterocycles. The van der Waals surface area contributed by atoms with Crippen LogP contribution in [0.1, 0.15) is 25.5 Å². The van der Waals surface area contributed by atoms with Crippen molar-refractivity contribution in [3.63, 3.8) is 0 Å². The monoisotopic (exact) mass is 166 g/mol. The molecule has 1 rings (SSSR count). The predicted octanol–water partition coefficient (Wildman–Crippen LogP) is 1.83. The SMILES string of the molecule is CCCCc1ccc(OC)nn1. The molecule has 0 unspecified atom stereocenters. The van der Waals surface area contributed by atoms with Crippen LogP contribution < -0.4 is 4.74 Å². The Morgan fingerprint density at radius 2 is 2.17 bits per heavy atom. The van der Waals surface area contributed by atoms with Crippen molar-refractivity contribution in [2.24, 2.45) is 0 Å². The predicted molar refractivity (Wildman–Crippen MR) is 47.2 cm³/mol. The molecule has 0 amide bonds. The topological polar surface area (TPSA) is 35.0 Å². The molecule has 66 valence electrons. The number of aromatic nitrogens is 2. The Bertz CT molecular complexity index is 220. The lowest BCUT2D eigenvalue weighted by Gasteiger charge is -1.99. The number of rotatable bonds is 4. The van der Waals surface area contributed by atoms with E-state index in [-0.39, 0.29) is 0 Å². The summed E-state index contributed by atoms with van der Waals surface area (Å²) in [4.78, 5) is 0. The molecular formula is C9H14N2O. The molecule has 0 saturated heterocycles. The maximum atomic E-state index is 4.90. The van der Waals surface area contributed by atoms with Gasteiger partial charge in [0.2, 0.25) is 5.88 Å². The summed E-state index contributed by atoms with van der Waals surface area (Å²) in [6, 6.07) is 3.81. The van der Waals surface area contributed by atoms with Gasteiger partial charge in [0.15, 0.2) is 0 Å². The van der Waals surface area contributed by atoms with Crippen LogP contribution in [0.2, 0.25) is 0 Å². The first-order valence-corrected chi connectivity index (χ1v) is 4.23. The van der Waals surface area contributed by atoms with E-state index < -0.39 is 0 Å². The van der Waals surface area contributed by atoms with Crippen LogP contribution >= 0.6 is 0 Å². The number of nitrogens with zero attached hydrogens (tertiary/aromatic N) is 2. The lowest BCUT2D eigenvalue weighted by Crippen LogP contribution is -1.95. The Labute approximate surface area is 72.8 Å². The fourth-order valence-corrected chi connectivity index (χ4v) is 0.948. The Morgan fingerprint density at radius 1 is 1.33 bits per heavy atom. The van der Waals surface area contributed by atoms with Gasteiger partial charge in [-0.15, -0.1) is 5.10 Å². The van der Waals surface area contributed by atoms with E-state index in [4.69, 9.17) is 4.74 Å². The number of hydrogen-bond acceptors (Lipinski definition) is 3. The standard InChI is InChI=1S/C9H14N2O/c1-3-4-5-8-6-7-9(12-2)11-10-8/h6-7H,3-5H2,1-2H3. The smallest absolute Gasteiger partial charge is 0.233 e. The van der Waals surface area contributed by atoms with Gasteiger partial charge in [0.25, 0.3) is 0 Å². The first-order chi connectivity index (χ1) is 5.86. The Balaban J connectivity index is 2.53. The van der Waals surface area contributed by atoms with E-state index in [1.165, 1.54) is 12.8 Å². The number of aryl methyl sites for hydroxylation is 1. The molecule has 1 aromatic rings. The summed E-state index contributed by atoms with van der Waals surface area (Å²) in [6.45, 7) is 2.16. The summed E-state index contributed by atoms with van der Waals surface area (Å²) >= 11 is 0. The Morgan fingerprint density at radius 3 is 2.67 bits per heavy atom. The number of hydrogen-bond donors (Lipinski definition) is 0. The minimum absolute atomic E-state index is 0.579. The third-order valence-corrected chi connectivity index (χ3v) is 1.69. The van der Waals surface area contributed by atoms with Crippen LogP contribution in [0.3, 0.4) is 0 Å². The maximum absolute atomic E-state index is 4.90. The average Bonchev–Trinajstić information content (AvgIpc) is 2.15. The van der Waals surface area contributed by atoms with Crippen LogP contribution in [0.25, 0.3) is 0 Å². The van der Waals surface area contributed by atoms with Crippen molar-refractivity contribution in [3.05, 3.63) is 17.8 Å². The first kappa shape index (κ1) is 8.97. The third kappa shape index (κ3) is 2.49. The van der Waals surface area contributed by atoms with Gasteiger partial charge in [-0.05, 0) is 18.9 Å². The second-order valence-corrected chi connectivity index (χ2v) is 2.67. The molecule has 1 heterocycles. The highest BCUT2D eigenvalue weighted by Crippen LogP contribution is 2.05. The van der Waals surface area contributed by atoms with Crippen LogP contribution in [0.5, 0.6) is 5.88 Å². The zero-order valence-electron chi connectivity index (χ0n) is 7.58. The van der Waals surface area contributed by atoms with Gasteiger partial charge in [-0.1, -0.05) is 13.3 Å². The average molecular weight is 166 g/mol. The summed E-state index contributed by atoms with van der Waals surface area (Å²) in [6.07, 6.45) is 3.36. The van der Waals surface area contributed by atoms with Crippen LogP contribution in [0.4, 0.5) is 0 Å². The molecule has 0 N–H and O–H groups in total. The number of methoxy groups -OCH3 is 1. The van der Waals surface area contributed by atoms with Crippen molar-refractivity contribution in [3.8, 4) is 5.88 Å². The minimum atomic E-state index is 0.579. The van der Waals surface area contributed by atoms with Gasteiger partial charge < -0.3 is 4.74 Å². The molecule has 0 aliphatic carbocycles. The normalized spacial score (nSPS) is 9.83. The summed E-state index contributed by atoms with van der Waals surface area (Å²) < 4.78 is 4.90. The second-order valence-electron chi connectivity index (χ2n) is 2.67. The van der Waals surface area contributed by atoms with Crippen molar-refractivity contribution >= 4 is 0 Å². The van der Waals surface area contributed by atoms with E-state index in [0.29, 0.717) is 5.88 Å². The molecule has 12 heavy (non-hydrogen) atoms. The maximum Gasteiger partial charge on any atom is 0.233 e. The van der Waals surface area contributed by atoms with Gasteiger partial charge in [-0.25, -0.2) is 0 Å². The highest BCUT2D eigenvalue weighted by Gasteiger charge is 1.95. The Kier molecular flexibility index (Phi) is 3.51. The molecule has 3 heteroatoms. The van der Waals surface area contributed by atoms with Gasteiger partial charge in [-0.3, -0.25) is 0 Å². The Hall–Kier alpha value is -1.12. The fourth-order valence-electron chi connectivity index (χ4n) is 0.948. The first-order valence-electron chi connectivity index (χ1n) is 4.23. The lowest BCUT2D eigenvalue weighted by molar-refractivity contribution is 0.391. The van der Waals surface area contributed by atoms with Crippen LogP contribution in [0, 0.1) is 0 Å². The molecule has 0 spiro atoms. The molecule has 0 aliphatic rings. The molecule has 0 aromatic carbocycles. The summed E-state index contributed by atoms with van der Waals surface area (Å²) in [5.74, 6) is 0.579. The van der Waals surface area contributed by atoms with E-state index in [2.05, 4.69) is 17.1 Å². The lowest BCUT2D eigenvalue weighted by atomic mass is 10.2. The highest BCUT2D eigenvalue weighted by molar-refractivity contribution is 5.11. The van der Waals surface area contributed by atoms with Crippen molar-refractivity contribution in [1.82, 2.24) is 10.2 Å². The van der Waals surface area contributed by atoms with Crippen LogP contribution in [-0.2, 0) is 6.42 Å². The van der Waals surface area contributed by atoms with E-state index in [1.54, 1.807) is 7.11 Å². The number of ether oxygens (including phenoxy) is 1. The third-order valence-electron chi connectivity index (χ3n) is 1.69. The van der Waals surface area contributed by atoms with E-state index >= 15 is 0 Å². The minimum Gasteiger partial charge on any atom is -0.480 e. The molecule has 3 nitrogen and oxygen atoms in total. The van der Waals surface area contributed by atoms with Gasteiger partial charge in [0.1, 0.15) is 0 Å². The highest BCUT2D eigenvalue weighted by atomic mass is 16.5. The fraction of sp³-hybridized carbons (Fsp3) is 0.556. The molecule has 0 fully saturated rings.